The van der Waals surface area contributed by atoms with E-state index in [-0.39, 0.29) is 11.8 Å². The van der Waals surface area contributed by atoms with Crippen LogP contribution in [0.3, 0.4) is 0 Å². The molecular weight excluding hydrogens is 280 g/mol. The number of nitrogens with one attached hydrogen (secondary N) is 1. The smallest absolute Gasteiger partial charge is 0.230 e. The molecule has 1 heterocycles. The summed E-state index contributed by atoms with van der Waals surface area (Å²) in [4.78, 5) is 16.6. The molecule has 1 fully saturated rings. The van der Waals surface area contributed by atoms with Crippen molar-refractivity contribution in [3.63, 3.8) is 0 Å². The van der Waals surface area contributed by atoms with Crippen LogP contribution in [0.5, 0.6) is 0 Å². The van der Waals surface area contributed by atoms with E-state index >= 15 is 0 Å². The first-order valence-electron chi connectivity index (χ1n) is 7.56. The predicted octanol–water partition coefficient (Wildman–Crippen LogP) is 3.06. The molecular formula is C17H20N2O3. The predicted molar refractivity (Wildman–Crippen MR) is 83.4 cm³/mol. The molecule has 0 aliphatic heterocycles. The lowest BCUT2D eigenvalue weighted by Crippen LogP contribution is -2.28. The van der Waals surface area contributed by atoms with Gasteiger partial charge in [0.2, 0.25) is 11.8 Å². The van der Waals surface area contributed by atoms with Gasteiger partial charge in [-0.2, -0.15) is 0 Å². The molecule has 2 aromatic rings. The van der Waals surface area contributed by atoms with E-state index in [1.54, 1.807) is 6.26 Å². The Balaban J connectivity index is 1.81. The second-order valence-corrected chi connectivity index (χ2v) is 5.92. The Morgan fingerprint density at radius 1 is 1.36 bits per heavy atom. The number of aliphatic hydroxyl groups excluding tert-OH is 1. The van der Waals surface area contributed by atoms with E-state index in [4.69, 9.17) is 4.42 Å². The van der Waals surface area contributed by atoms with Crippen molar-refractivity contribution in [2.24, 2.45) is 5.92 Å². The summed E-state index contributed by atoms with van der Waals surface area (Å²) in [5, 5.41) is 12.7. The number of aryl methyl sites for hydroxylation is 2. The van der Waals surface area contributed by atoms with Crippen LogP contribution in [0.4, 0.5) is 5.69 Å². The number of carbonyl (C=O) groups excluding carboxylic acids is 1. The number of rotatable bonds is 3. The van der Waals surface area contributed by atoms with Crippen LogP contribution in [0.25, 0.3) is 11.5 Å². The molecule has 0 bridgehead atoms. The highest BCUT2D eigenvalue weighted by Gasteiger charge is 2.31. The molecule has 1 aliphatic carbocycles. The first-order valence-corrected chi connectivity index (χ1v) is 7.56. The van der Waals surface area contributed by atoms with Gasteiger partial charge in [-0.1, -0.05) is 6.07 Å². The van der Waals surface area contributed by atoms with Crippen LogP contribution in [0.2, 0.25) is 0 Å². The summed E-state index contributed by atoms with van der Waals surface area (Å²) in [6, 6.07) is 5.64. The fraction of sp³-hybridized carbons (Fsp3) is 0.412. The van der Waals surface area contributed by atoms with Gasteiger partial charge in [-0.05, 0) is 50.8 Å². The van der Waals surface area contributed by atoms with Gasteiger partial charge in [-0.3, -0.25) is 4.79 Å². The summed E-state index contributed by atoms with van der Waals surface area (Å²) in [6.07, 6.45) is 3.42. The Morgan fingerprint density at radius 2 is 2.18 bits per heavy atom. The van der Waals surface area contributed by atoms with E-state index in [0.29, 0.717) is 18.0 Å². The molecule has 1 aromatic heterocycles. The minimum atomic E-state index is -0.528. The Morgan fingerprint density at radius 3 is 2.82 bits per heavy atom. The van der Waals surface area contributed by atoms with Gasteiger partial charge in [-0.15, -0.1) is 0 Å². The number of oxazole rings is 1. The third-order valence-corrected chi connectivity index (χ3v) is 4.17. The van der Waals surface area contributed by atoms with Gasteiger partial charge in [0.05, 0.1) is 17.7 Å². The second kappa shape index (κ2) is 5.93. The fourth-order valence-electron chi connectivity index (χ4n) is 2.89. The SMILES string of the molecule is Cc1coc(-c2cc(NC(=O)C3CCCC3O)ccc2C)n1. The normalized spacial score (nSPS) is 21.0. The maximum atomic E-state index is 12.3. The number of carbonyl (C=O) groups is 1. The average Bonchev–Trinajstić information content (AvgIpc) is 3.09. The van der Waals surface area contributed by atoms with Crippen molar-refractivity contribution in [2.75, 3.05) is 5.32 Å². The van der Waals surface area contributed by atoms with Gasteiger partial charge in [0.1, 0.15) is 6.26 Å². The van der Waals surface area contributed by atoms with Crippen LogP contribution < -0.4 is 5.32 Å². The molecule has 1 amide bonds. The number of nitrogens with zero attached hydrogens (tertiary/aromatic N) is 1. The van der Waals surface area contributed by atoms with Gasteiger partial charge in [0, 0.05) is 11.3 Å². The van der Waals surface area contributed by atoms with Crippen molar-refractivity contribution in [1.29, 1.82) is 0 Å². The minimum Gasteiger partial charge on any atom is -0.444 e. The second-order valence-electron chi connectivity index (χ2n) is 5.92. The Labute approximate surface area is 129 Å². The van der Waals surface area contributed by atoms with Gasteiger partial charge >= 0.3 is 0 Å². The lowest BCUT2D eigenvalue weighted by atomic mass is 10.0. The van der Waals surface area contributed by atoms with E-state index in [0.717, 1.165) is 29.7 Å². The van der Waals surface area contributed by atoms with Crippen molar-refractivity contribution >= 4 is 11.6 Å². The zero-order valence-electron chi connectivity index (χ0n) is 12.8. The van der Waals surface area contributed by atoms with Crippen molar-refractivity contribution in [3.05, 3.63) is 35.7 Å². The molecule has 116 valence electrons. The van der Waals surface area contributed by atoms with Gasteiger partial charge in [0.15, 0.2) is 0 Å². The van der Waals surface area contributed by atoms with E-state index in [9.17, 15) is 9.90 Å². The molecule has 1 saturated carbocycles. The van der Waals surface area contributed by atoms with E-state index in [1.165, 1.54) is 0 Å². The summed E-state index contributed by atoms with van der Waals surface area (Å²) < 4.78 is 5.44. The Hall–Kier alpha value is -2.14. The zero-order chi connectivity index (χ0) is 15.7. The summed E-state index contributed by atoms with van der Waals surface area (Å²) in [7, 11) is 0. The minimum absolute atomic E-state index is 0.122. The van der Waals surface area contributed by atoms with Crippen molar-refractivity contribution < 1.29 is 14.3 Å². The van der Waals surface area contributed by atoms with Crippen molar-refractivity contribution in [3.8, 4) is 11.5 Å². The zero-order valence-corrected chi connectivity index (χ0v) is 12.8. The van der Waals surface area contributed by atoms with Crippen molar-refractivity contribution in [1.82, 2.24) is 4.98 Å². The number of amides is 1. The topological polar surface area (TPSA) is 75.4 Å². The van der Waals surface area contributed by atoms with Gasteiger partial charge < -0.3 is 14.8 Å². The van der Waals surface area contributed by atoms with Crippen LogP contribution in [0.1, 0.15) is 30.5 Å². The van der Waals surface area contributed by atoms with Crippen LogP contribution in [0.15, 0.2) is 28.9 Å². The summed E-state index contributed by atoms with van der Waals surface area (Å²) in [5.74, 6) is 0.115. The van der Waals surface area contributed by atoms with Crippen LogP contribution in [0, 0.1) is 19.8 Å². The fourth-order valence-corrected chi connectivity index (χ4v) is 2.89. The maximum absolute atomic E-state index is 12.3. The highest BCUT2D eigenvalue weighted by Crippen LogP contribution is 2.29. The molecule has 2 atom stereocenters. The maximum Gasteiger partial charge on any atom is 0.230 e. The van der Waals surface area contributed by atoms with Crippen LogP contribution in [-0.2, 0) is 4.79 Å². The number of aromatic nitrogens is 1. The Bertz CT molecular complexity index is 693. The number of aliphatic hydroxyl groups is 1. The van der Waals surface area contributed by atoms with E-state index in [2.05, 4.69) is 10.3 Å². The van der Waals surface area contributed by atoms with Crippen molar-refractivity contribution in [2.45, 2.75) is 39.2 Å². The number of hydrogen-bond acceptors (Lipinski definition) is 4. The molecule has 5 heteroatoms. The molecule has 3 rings (SSSR count). The van der Waals surface area contributed by atoms with E-state index in [1.807, 2.05) is 32.0 Å². The molecule has 1 aliphatic rings. The first kappa shape index (κ1) is 14.8. The Kier molecular flexibility index (Phi) is 3.98. The number of hydrogen-bond donors (Lipinski definition) is 2. The van der Waals surface area contributed by atoms with Gasteiger partial charge in [-0.25, -0.2) is 4.98 Å². The summed E-state index contributed by atoms with van der Waals surface area (Å²) in [6.45, 7) is 3.84. The first-order chi connectivity index (χ1) is 10.5. The van der Waals surface area contributed by atoms with E-state index < -0.39 is 6.10 Å². The highest BCUT2D eigenvalue weighted by atomic mass is 16.3. The van der Waals surface area contributed by atoms with Gasteiger partial charge in [0.25, 0.3) is 0 Å². The van der Waals surface area contributed by atoms with Crippen LogP contribution in [-0.4, -0.2) is 22.1 Å². The molecule has 2 unspecified atom stereocenters. The molecule has 5 nitrogen and oxygen atoms in total. The average molecular weight is 300 g/mol. The molecule has 0 spiro atoms. The quantitative estimate of drug-likeness (QED) is 0.913. The molecule has 2 N–H and O–H groups in total. The third-order valence-electron chi connectivity index (χ3n) is 4.17. The third kappa shape index (κ3) is 2.90. The number of benzene rings is 1. The molecule has 1 aromatic carbocycles. The molecule has 0 radical (unpaired) electrons. The monoisotopic (exact) mass is 300 g/mol. The van der Waals surface area contributed by atoms with Crippen LogP contribution >= 0.6 is 0 Å². The highest BCUT2D eigenvalue weighted by molar-refractivity contribution is 5.93. The lowest BCUT2D eigenvalue weighted by Gasteiger charge is -2.15. The number of anilines is 1. The molecule has 0 saturated heterocycles. The largest absolute Gasteiger partial charge is 0.444 e. The molecule has 22 heavy (non-hydrogen) atoms. The summed E-state index contributed by atoms with van der Waals surface area (Å²) >= 11 is 0. The lowest BCUT2D eigenvalue weighted by molar-refractivity contribution is -0.122. The standard InChI is InChI=1S/C17H20N2O3/c1-10-6-7-12(8-14(10)17-18-11(2)9-22-17)19-16(21)13-4-3-5-15(13)20/h6-9,13,15,20H,3-5H2,1-2H3,(H,19,21). The summed E-state index contributed by atoms with van der Waals surface area (Å²) in [5.41, 5.74) is 3.40.